The second kappa shape index (κ2) is 6.91. The van der Waals surface area contributed by atoms with Gasteiger partial charge in [0.1, 0.15) is 0 Å². The third-order valence-corrected chi connectivity index (χ3v) is 4.02. The molecule has 0 aromatic heterocycles. The SMILES string of the molecule is CC(=O)Nc1ccccc1Sc1cc(C(F)(F)F)ccc1[N+](=O)[O-]. The standard InChI is InChI=1S/C15H11F3N2O3S/c1-9(21)19-11-4-2-3-5-13(11)24-14-8-10(15(16,17)18)6-7-12(14)20(22)23/h2-8H,1H3,(H,19,21). The second-order valence-electron chi connectivity index (χ2n) is 4.72. The number of rotatable bonds is 4. The average molecular weight is 356 g/mol. The summed E-state index contributed by atoms with van der Waals surface area (Å²) >= 11 is 0.785. The molecule has 0 aliphatic carbocycles. The number of nitrogens with zero attached hydrogens (tertiary/aromatic N) is 1. The highest BCUT2D eigenvalue weighted by Crippen LogP contribution is 2.41. The van der Waals surface area contributed by atoms with Crippen molar-refractivity contribution in [2.24, 2.45) is 0 Å². The summed E-state index contributed by atoms with van der Waals surface area (Å²) in [6, 6.07) is 8.59. The number of carbonyl (C=O) groups is 1. The first kappa shape index (κ1) is 17.8. The van der Waals surface area contributed by atoms with Crippen LogP contribution in [0.3, 0.4) is 0 Å². The van der Waals surface area contributed by atoms with Crippen LogP contribution < -0.4 is 5.32 Å². The Morgan fingerprint density at radius 1 is 1.17 bits per heavy atom. The van der Waals surface area contributed by atoms with Gasteiger partial charge in [-0.25, -0.2) is 0 Å². The number of alkyl halides is 3. The molecule has 126 valence electrons. The third-order valence-electron chi connectivity index (χ3n) is 2.90. The Morgan fingerprint density at radius 3 is 2.42 bits per heavy atom. The van der Waals surface area contributed by atoms with Crippen LogP contribution in [0.5, 0.6) is 0 Å². The number of anilines is 1. The van der Waals surface area contributed by atoms with E-state index < -0.39 is 22.4 Å². The molecule has 0 heterocycles. The highest BCUT2D eigenvalue weighted by molar-refractivity contribution is 7.99. The number of halogens is 3. The molecule has 1 N–H and O–H groups in total. The molecule has 5 nitrogen and oxygen atoms in total. The number of hydrogen-bond donors (Lipinski definition) is 1. The molecular weight excluding hydrogens is 345 g/mol. The monoisotopic (exact) mass is 356 g/mol. The number of amides is 1. The van der Waals surface area contributed by atoms with E-state index in [2.05, 4.69) is 5.32 Å². The number of carbonyl (C=O) groups excluding carboxylic acids is 1. The quantitative estimate of drug-likeness (QED) is 0.635. The second-order valence-corrected chi connectivity index (χ2v) is 5.80. The Kier molecular flexibility index (Phi) is 5.13. The van der Waals surface area contributed by atoms with Gasteiger partial charge < -0.3 is 5.32 Å². The van der Waals surface area contributed by atoms with Crippen LogP contribution in [-0.2, 0) is 11.0 Å². The molecule has 9 heteroatoms. The maximum atomic E-state index is 12.9. The molecule has 0 atom stereocenters. The van der Waals surface area contributed by atoms with Crippen LogP contribution in [0.15, 0.2) is 52.3 Å². The maximum Gasteiger partial charge on any atom is 0.416 e. The van der Waals surface area contributed by atoms with Crippen molar-refractivity contribution < 1.29 is 22.9 Å². The number of para-hydroxylation sites is 1. The zero-order valence-corrected chi connectivity index (χ0v) is 13.1. The first-order valence-electron chi connectivity index (χ1n) is 6.58. The molecule has 0 radical (unpaired) electrons. The lowest BCUT2D eigenvalue weighted by Crippen LogP contribution is -2.07. The van der Waals surface area contributed by atoms with Crippen LogP contribution in [0, 0.1) is 10.1 Å². The Balaban J connectivity index is 2.48. The van der Waals surface area contributed by atoms with Gasteiger partial charge in [0.25, 0.3) is 5.69 Å². The van der Waals surface area contributed by atoms with Gasteiger partial charge in [-0.15, -0.1) is 0 Å². The summed E-state index contributed by atoms with van der Waals surface area (Å²) < 4.78 is 38.6. The smallest absolute Gasteiger partial charge is 0.325 e. The fourth-order valence-electron chi connectivity index (χ4n) is 1.89. The molecule has 0 saturated heterocycles. The van der Waals surface area contributed by atoms with Gasteiger partial charge in [0.15, 0.2) is 0 Å². The first-order valence-corrected chi connectivity index (χ1v) is 7.40. The molecule has 0 unspecified atom stereocenters. The first-order chi connectivity index (χ1) is 11.2. The zero-order chi connectivity index (χ0) is 17.9. The highest BCUT2D eigenvalue weighted by Gasteiger charge is 2.32. The molecular formula is C15H11F3N2O3S. The van der Waals surface area contributed by atoms with Gasteiger partial charge >= 0.3 is 6.18 Å². The van der Waals surface area contributed by atoms with Crippen LogP contribution >= 0.6 is 11.8 Å². The molecule has 24 heavy (non-hydrogen) atoms. The minimum atomic E-state index is -4.61. The molecule has 0 aliphatic rings. The van der Waals surface area contributed by atoms with Crippen molar-refractivity contribution in [3.8, 4) is 0 Å². The molecule has 0 saturated carbocycles. The van der Waals surface area contributed by atoms with Crippen molar-refractivity contribution >= 4 is 29.0 Å². The lowest BCUT2D eigenvalue weighted by atomic mass is 10.2. The van der Waals surface area contributed by atoms with Crippen LogP contribution in [0.4, 0.5) is 24.5 Å². The van der Waals surface area contributed by atoms with Crippen molar-refractivity contribution in [1.82, 2.24) is 0 Å². The summed E-state index contributed by atoms with van der Waals surface area (Å²) in [5.74, 6) is -0.360. The van der Waals surface area contributed by atoms with E-state index in [1.165, 1.54) is 6.92 Å². The summed E-state index contributed by atoms with van der Waals surface area (Å²) in [6.45, 7) is 1.29. The van der Waals surface area contributed by atoms with E-state index in [1.54, 1.807) is 24.3 Å². The minimum absolute atomic E-state index is 0.160. The van der Waals surface area contributed by atoms with E-state index in [0.29, 0.717) is 16.6 Å². The Morgan fingerprint density at radius 2 is 1.83 bits per heavy atom. The van der Waals surface area contributed by atoms with E-state index in [1.807, 2.05) is 0 Å². The number of hydrogen-bond acceptors (Lipinski definition) is 4. The van der Waals surface area contributed by atoms with Crippen molar-refractivity contribution in [2.45, 2.75) is 22.9 Å². The molecule has 2 rings (SSSR count). The summed E-state index contributed by atoms with van der Waals surface area (Å²) in [5, 5.41) is 13.6. The van der Waals surface area contributed by atoms with Crippen molar-refractivity contribution in [3.63, 3.8) is 0 Å². The van der Waals surface area contributed by atoms with Gasteiger partial charge in [-0.2, -0.15) is 13.2 Å². The molecule has 0 aliphatic heterocycles. The van der Waals surface area contributed by atoms with E-state index in [0.717, 1.165) is 23.9 Å². The van der Waals surface area contributed by atoms with Gasteiger partial charge in [-0.05, 0) is 24.3 Å². The Hall–Kier alpha value is -2.55. The predicted molar refractivity (Wildman–Crippen MR) is 83.0 cm³/mol. The molecule has 0 spiro atoms. The molecule has 0 bridgehead atoms. The van der Waals surface area contributed by atoms with Crippen molar-refractivity contribution in [3.05, 3.63) is 58.1 Å². The van der Waals surface area contributed by atoms with Gasteiger partial charge in [0, 0.05) is 17.9 Å². The van der Waals surface area contributed by atoms with Gasteiger partial charge in [-0.1, -0.05) is 23.9 Å². The Bertz CT molecular complexity index is 794. The van der Waals surface area contributed by atoms with Crippen LogP contribution in [0.1, 0.15) is 12.5 Å². The summed E-state index contributed by atoms with van der Waals surface area (Å²) in [4.78, 5) is 21.8. The van der Waals surface area contributed by atoms with Gasteiger partial charge in [-0.3, -0.25) is 14.9 Å². The molecule has 1 amide bonds. The van der Waals surface area contributed by atoms with E-state index in [-0.39, 0.29) is 10.8 Å². The average Bonchev–Trinajstić information content (AvgIpc) is 2.47. The van der Waals surface area contributed by atoms with Gasteiger partial charge in [0.2, 0.25) is 5.91 Å². The number of nitro benzene ring substituents is 1. The highest BCUT2D eigenvalue weighted by atomic mass is 32.2. The van der Waals surface area contributed by atoms with E-state index in [9.17, 15) is 28.1 Å². The maximum absolute atomic E-state index is 12.9. The van der Waals surface area contributed by atoms with E-state index in [4.69, 9.17) is 0 Å². The topological polar surface area (TPSA) is 72.2 Å². The number of nitro groups is 1. The number of nitrogens with one attached hydrogen (secondary N) is 1. The molecule has 2 aromatic carbocycles. The lowest BCUT2D eigenvalue weighted by Gasteiger charge is -2.12. The van der Waals surface area contributed by atoms with Crippen LogP contribution in [0.2, 0.25) is 0 Å². The summed E-state index contributed by atoms with van der Waals surface area (Å²) in [6.07, 6.45) is -4.61. The fourth-order valence-corrected chi connectivity index (χ4v) is 2.94. The summed E-state index contributed by atoms with van der Waals surface area (Å²) in [7, 11) is 0. The minimum Gasteiger partial charge on any atom is -0.325 e. The van der Waals surface area contributed by atoms with Crippen LogP contribution in [0.25, 0.3) is 0 Å². The summed E-state index contributed by atoms with van der Waals surface area (Å²) in [5.41, 5.74) is -1.06. The van der Waals surface area contributed by atoms with E-state index >= 15 is 0 Å². The Labute approximate surface area is 139 Å². The number of benzene rings is 2. The zero-order valence-electron chi connectivity index (χ0n) is 12.3. The normalized spacial score (nSPS) is 11.2. The molecule has 0 fully saturated rings. The third kappa shape index (κ3) is 4.25. The fraction of sp³-hybridized carbons (Fsp3) is 0.133. The van der Waals surface area contributed by atoms with Crippen molar-refractivity contribution in [1.29, 1.82) is 0 Å². The lowest BCUT2D eigenvalue weighted by molar-refractivity contribution is -0.387. The van der Waals surface area contributed by atoms with Crippen LogP contribution in [-0.4, -0.2) is 10.8 Å². The van der Waals surface area contributed by atoms with Gasteiger partial charge in [0.05, 0.1) is 21.1 Å². The van der Waals surface area contributed by atoms with Crippen molar-refractivity contribution in [2.75, 3.05) is 5.32 Å². The largest absolute Gasteiger partial charge is 0.416 e. The predicted octanol–water partition coefficient (Wildman–Crippen LogP) is 4.72. The molecule has 2 aromatic rings.